The molecule has 3 nitrogen and oxygen atoms in total. The Kier molecular flexibility index (Phi) is 6.26. The second-order valence-corrected chi connectivity index (χ2v) is 8.13. The first-order valence-corrected chi connectivity index (χ1v) is 10.4. The Labute approximate surface area is 198 Å². The Morgan fingerprint density at radius 1 is 0.694 bits per heavy atom. The van der Waals surface area contributed by atoms with E-state index in [2.05, 4.69) is 10.3 Å². The normalized spacial score (nSPS) is 14.2. The van der Waals surface area contributed by atoms with Crippen molar-refractivity contribution in [1.29, 1.82) is 0 Å². The van der Waals surface area contributed by atoms with Gasteiger partial charge >= 0.3 is 23.9 Å². The minimum atomic E-state index is -6.98. The quantitative estimate of drug-likeness (QED) is 0.237. The van der Waals surface area contributed by atoms with Gasteiger partial charge in [-0.2, -0.15) is 39.5 Å². The molecule has 0 aliphatic heterocycles. The maximum absolute atomic E-state index is 14.7. The fourth-order valence-corrected chi connectivity index (χ4v) is 3.73. The van der Waals surface area contributed by atoms with Crippen LogP contribution in [0.5, 0.6) is 0 Å². The maximum atomic E-state index is 14.7. The molecule has 0 saturated heterocycles. The molecule has 4 aromatic rings. The second-order valence-electron chi connectivity index (χ2n) is 8.13. The SMILES string of the molecule is FC(F)(F)C(F)(F)C(F)(F)C(F)(F)CC(c1ccc2ccccc2c1)n1cc(-c2ccccc2)nn1. The number of halogens is 9. The molecule has 0 fully saturated rings. The smallest absolute Gasteiger partial charge is 0.244 e. The topological polar surface area (TPSA) is 30.7 Å². The number of rotatable bonds is 7. The predicted octanol–water partition coefficient (Wildman–Crippen LogP) is 7.55. The Bertz CT molecular complexity index is 1350. The van der Waals surface area contributed by atoms with Crippen molar-refractivity contribution < 1.29 is 39.5 Å². The zero-order valence-electron chi connectivity index (χ0n) is 18.0. The molecule has 0 radical (unpaired) electrons. The summed E-state index contributed by atoms with van der Waals surface area (Å²) in [4.78, 5) is 0. The highest BCUT2D eigenvalue weighted by Gasteiger charge is 2.81. The summed E-state index contributed by atoms with van der Waals surface area (Å²) in [5.74, 6) is -19.5. The highest BCUT2D eigenvalue weighted by molar-refractivity contribution is 5.83. The highest BCUT2D eigenvalue weighted by atomic mass is 19.4. The molecule has 1 unspecified atom stereocenters. The Morgan fingerprint density at radius 3 is 1.94 bits per heavy atom. The predicted molar refractivity (Wildman–Crippen MR) is 113 cm³/mol. The Morgan fingerprint density at radius 2 is 1.31 bits per heavy atom. The molecule has 3 aromatic carbocycles. The largest absolute Gasteiger partial charge is 0.460 e. The van der Waals surface area contributed by atoms with E-state index in [4.69, 9.17) is 0 Å². The highest BCUT2D eigenvalue weighted by Crippen LogP contribution is 2.55. The number of benzene rings is 3. The molecule has 1 aromatic heterocycles. The van der Waals surface area contributed by atoms with Crippen molar-refractivity contribution in [2.45, 2.75) is 36.4 Å². The van der Waals surface area contributed by atoms with Gasteiger partial charge in [-0.1, -0.05) is 71.9 Å². The molecule has 190 valence electrons. The van der Waals surface area contributed by atoms with Gasteiger partial charge in [0.1, 0.15) is 5.69 Å². The summed E-state index contributed by atoms with van der Waals surface area (Å²) < 4.78 is 123. The van der Waals surface area contributed by atoms with E-state index in [0.717, 1.165) is 10.9 Å². The monoisotopic (exact) mass is 517 g/mol. The molecule has 12 heteroatoms. The maximum Gasteiger partial charge on any atom is 0.460 e. The van der Waals surface area contributed by atoms with Crippen LogP contribution in [0.25, 0.3) is 22.0 Å². The van der Waals surface area contributed by atoms with Crippen LogP contribution in [0.3, 0.4) is 0 Å². The molecule has 1 heterocycles. The van der Waals surface area contributed by atoms with E-state index in [9.17, 15) is 39.5 Å². The van der Waals surface area contributed by atoms with E-state index in [0.29, 0.717) is 16.3 Å². The third-order valence-electron chi connectivity index (χ3n) is 5.72. The van der Waals surface area contributed by atoms with Gasteiger partial charge < -0.3 is 0 Å². The van der Waals surface area contributed by atoms with Crippen molar-refractivity contribution in [3.8, 4) is 11.3 Å². The van der Waals surface area contributed by atoms with Crippen LogP contribution in [0.2, 0.25) is 0 Å². The first kappa shape index (κ1) is 25.5. The van der Waals surface area contributed by atoms with Crippen molar-refractivity contribution in [3.05, 3.63) is 84.6 Å². The van der Waals surface area contributed by atoms with E-state index in [1.54, 1.807) is 54.6 Å². The van der Waals surface area contributed by atoms with Crippen LogP contribution in [0.4, 0.5) is 39.5 Å². The number of hydrogen-bond acceptors (Lipinski definition) is 2. The van der Waals surface area contributed by atoms with Gasteiger partial charge in [0.2, 0.25) is 0 Å². The molecule has 1 atom stereocenters. The number of aromatic nitrogens is 3. The van der Waals surface area contributed by atoms with E-state index in [-0.39, 0.29) is 11.3 Å². The molecular weight excluding hydrogens is 501 g/mol. The summed E-state index contributed by atoms with van der Waals surface area (Å²) in [6.07, 6.45) is -7.88. The summed E-state index contributed by atoms with van der Waals surface area (Å²) in [5, 5.41) is 8.69. The van der Waals surface area contributed by atoms with Crippen LogP contribution in [0.1, 0.15) is 18.0 Å². The van der Waals surface area contributed by atoms with Crippen LogP contribution < -0.4 is 0 Å². The number of nitrogens with zero attached hydrogens (tertiary/aromatic N) is 3. The third-order valence-corrected chi connectivity index (χ3v) is 5.72. The molecule has 0 aliphatic rings. The Balaban J connectivity index is 1.80. The standard InChI is InChI=1S/C24H16F9N3/c25-21(26,22(27,28)23(29,30)24(31,32)33)13-20(18-11-10-15-6-4-5-9-17(15)12-18)36-14-19(34-35-36)16-7-2-1-3-8-16/h1-12,14,20H,13H2. The number of fused-ring (bicyclic) bond motifs is 1. The minimum absolute atomic E-state index is 0.0657. The van der Waals surface area contributed by atoms with Crippen LogP contribution in [0.15, 0.2) is 79.0 Å². The molecule has 0 saturated carbocycles. The number of alkyl halides is 9. The van der Waals surface area contributed by atoms with E-state index in [1.165, 1.54) is 18.2 Å². The van der Waals surface area contributed by atoms with Crippen molar-refractivity contribution in [2.75, 3.05) is 0 Å². The molecule has 4 rings (SSSR count). The van der Waals surface area contributed by atoms with Gasteiger partial charge in [-0.05, 0) is 22.4 Å². The molecular formula is C24H16F9N3. The first-order chi connectivity index (χ1) is 16.7. The molecule has 0 bridgehead atoms. The Hall–Kier alpha value is -3.57. The summed E-state index contributed by atoms with van der Waals surface area (Å²) in [6, 6.07) is 17.0. The lowest BCUT2D eigenvalue weighted by Gasteiger charge is -2.35. The zero-order chi connectivity index (χ0) is 26.4. The zero-order valence-corrected chi connectivity index (χ0v) is 18.0. The van der Waals surface area contributed by atoms with Crippen molar-refractivity contribution in [1.82, 2.24) is 15.0 Å². The van der Waals surface area contributed by atoms with Crippen LogP contribution in [0, 0.1) is 0 Å². The van der Waals surface area contributed by atoms with Gasteiger partial charge in [0.15, 0.2) is 0 Å². The molecule has 0 N–H and O–H groups in total. The van der Waals surface area contributed by atoms with Gasteiger partial charge in [-0.15, -0.1) is 5.10 Å². The van der Waals surface area contributed by atoms with E-state index < -0.39 is 36.4 Å². The molecule has 0 amide bonds. The summed E-state index contributed by atoms with van der Waals surface area (Å²) in [5.41, 5.74) is 0.572. The minimum Gasteiger partial charge on any atom is -0.244 e. The van der Waals surface area contributed by atoms with Crippen molar-refractivity contribution >= 4 is 10.8 Å². The van der Waals surface area contributed by atoms with Crippen molar-refractivity contribution in [3.63, 3.8) is 0 Å². The summed E-state index contributed by atoms with van der Waals surface area (Å²) in [6.45, 7) is 0. The summed E-state index contributed by atoms with van der Waals surface area (Å²) in [7, 11) is 0. The van der Waals surface area contributed by atoms with Crippen molar-refractivity contribution in [2.24, 2.45) is 0 Å². The molecule has 0 aliphatic carbocycles. The van der Waals surface area contributed by atoms with E-state index in [1.807, 2.05) is 0 Å². The van der Waals surface area contributed by atoms with Gasteiger partial charge in [0.25, 0.3) is 0 Å². The van der Waals surface area contributed by atoms with Crippen LogP contribution in [-0.2, 0) is 0 Å². The fraction of sp³-hybridized carbons (Fsp3) is 0.250. The lowest BCUT2D eigenvalue weighted by atomic mass is 9.92. The average molecular weight is 517 g/mol. The third kappa shape index (κ3) is 4.40. The average Bonchev–Trinajstić information content (AvgIpc) is 3.32. The first-order valence-electron chi connectivity index (χ1n) is 10.4. The van der Waals surface area contributed by atoms with Gasteiger partial charge in [-0.3, -0.25) is 0 Å². The van der Waals surface area contributed by atoms with E-state index >= 15 is 0 Å². The number of hydrogen-bond donors (Lipinski definition) is 0. The fourth-order valence-electron chi connectivity index (χ4n) is 3.73. The molecule has 36 heavy (non-hydrogen) atoms. The molecule has 0 spiro atoms. The second kappa shape index (κ2) is 8.82. The summed E-state index contributed by atoms with van der Waals surface area (Å²) >= 11 is 0. The van der Waals surface area contributed by atoms with Crippen LogP contribution >= 0.6 is 0 Å². The van der Waals surface area contributed by atoms with Gasteiger partial charge in [-0.25, -0.2) is 4.68 Å². The van der Waals surface area contributed by atoms with Gasteiger partial charge in [0.05, 0.1) is 12.2 Å². The van der Waals surface area contributed by atoms with Gasteiger partial charge in [0, 0.05) is 12.0 Å². The lowest BCUT2D eigenvalue weighted by Crippen LogP contribution is -2.61. The van der Waals surface area contributed by atoms with Crippen LogP contribution in [-0.4, -0.2) is 38.9 Å². The lowest BCUT2D eigenvalue weighted by molar-refractivity contribution is -0.397.